The van der Waals surface area contributed by atoms with Crippen molar-refractivity contribution in [3.8, 4) is 45.3 Å². The molecule has 0 N–H and O–H groups in total. The topological polar surface area (TPSA) is 55.7 Å². The maximum absolute atomic E-state index is 15.5. The van der Waals surface area contributed by atoms with E-state index in [-0.39, 0.29) is 5.41 Å². The molecular formula is C42H30N3OPS. The van der Waals surface area contributed by atoms with Gasteiger partial charge < -0.3 is 4.57 Å². The van der Waals surface area contributed by atoms with Gasteiger partial charge in [0.2, 0.25) is 0 Å². The van der Waals surface area contributed by atoms with Crippen LogP contribution in [-0.2, 0) is 9.98 Å². The summed E-state index contributed by atoms with van der Waals surface area (Å²) in [6, 6.07) is 49.3. The molecular weight excluding hydrogens is 626 g/mol. The third-order valence-corrected chi connectivity index (χ3v) is 14.2. The number of aromatic nitrogens is 3. The van der Waals surface area contributed by atoms with E-state index in [1.165, 1.54) is 11.1 Å². The van der Waals surface area contributed by atoms with Crippen LogP contribution in [0.1, 0.15) is 25.0 Å². The maximum atomic E-state index is 15.5. The van der Waals surface area contributed by atoms with Crippen LogP contribution in [0.15, 0.2) is 155 Å². The number of rotatable bonds is 4. The lowest BCUT2D eigenvalue weighted by atomic mass is 9.82. The van der Waals surface area contributed by atoms with Crippen LogP contribution in [0, 0.1) is 0 Å². The van der Waals surface area contributed by atoms with Crippen LogP contribution < -0.4 is 15.9 Å². The number of fused-ring (bicyclic) bond motifs is 5. The zero-order chi connectivity index (χ0) is 32.5. The summed E-state index contributed by atoms with van der Waals surface area (Å²) >= 11 is 1.72. The lowest BCUT2D eigenvalue weighted by molar-refractivity contribution is 0.591. The Hall–Kier alpha value is -5.09. The average Bonchev–Trinajstić information content (AvgIpc) is 3.36. The molecule has 0 fully saturated rings. The van der Waals surface area contributed by atoms with E-state index in [1.54, 1.807) is 11.8 Å². The molecule has 230 valence electrons. The third-order valence-electron chi connectivity index (χ3n) is 9.60. The molecule has 0 radical (unpaired) electrons. The minimum atomic E-state index is -3.14. The monoisotopic (exact) mass is 655 g/mol. The number of hydrogen-bond donors (Lipinski definition) is 0. The van der Waals surface area contributed by atoms with Gasteiger partial charge in [-0.2, -0.15) is 0 Å². The molecule has 2 aliphatic rings. The molecule has 4 nitrogen and oxygen atoms in total. The Morgan fingerprint density at radius 1 is 0.500 bits per heavy atom. The quantitative estimate of drug-likeness (QED) is 0.177. The molecule has 1 aromatic heterocycles. The summed E-state index contributed by atoms with van der Waals surface area (Å²) in [7, 11) is -3.14. The Bertz CT molecular complexity index is 2370. The van der Waals surface area contributed by atoms with Crippen molar-refractivity contribution in [2.75, 3.05) is 0 Å². The van der Waals surface area contributed by atoms with Gasteiger partial charge in [0, 0.05) is 47.8 Å². The summed E-state index contributed by atoms with van der Waals surface area (Å²) < 4.78 is 15.5. The maximum Gasteiger partial charge on any atom is 0.173 e. The largest absolute Gasteiger partial charge is 0.309 e. The first kappa shape index (κ1) is 29.1. The highest BCUT2D eigenvalue weighted by atomic mass is 32.2. The first-order valence-corrected chi connectivity index (χ1v) is 18.6. The van der Waals surface area contributed by atoms with Gasteiger partial charge in [0.25, 0.3) is 0 Å². The minimum Gasteiger partial charge on any atom is -0.309 e. The van der Waals surface area contributed by atoms with Gasteiger partial charge in [-0.05, 0) is 52.6 Å². The van der Waals surface area contributed by atoms with Crippen molar-refractivity contribution in [2.45, 2.75) is 29.1 Å². The molecule has 1 aliphatic carbocycles. The Morgan fingerprint density at radius 2 is 1.04 bits per heavy atom. The smallest absolute Gasteiger partial charge is 0.173 e. The Balaban J connectivity index is 1.25. The molecule has 0 saturated heterocycles. The summed E-state index contributed by atoms with van der Waals surface area (Å²) in [6.45, 7) is 4.57. The number of nitrogens with zero attached hydrogens (tertiary/aromatic N) is 3. The van der Waals surface area contributed by atoms with E-state index < -0.39 is 7.14 Å². The first-order valence-electron chi connectivity index (χ1n) is 16.1. The van der Waals surface area contributed by atoms with Gasteiger partial charge in [0.05, 0.1) is 0 Å². The summed E-state index contributed by atoms with van der Waals surface area (Å²) in [5.74, 6) is 1.89. The third kappa shape index (κ3) is 4.46. The second-order valence-electron chi connectivity index (χ2n) is 12.8. The molecule has 7 aromatic rings. The zero-order valence-corrected chi connectivity index (χ0v) is 28.2. The van der Waals surface area contributed by atoms with E-state index >= 15 is 4.57 Å². The second-order valence-corrected chi connectivity index (χ2v) is 16.6. The number of benzene rings is 6. The van der Waals surface area contributed by atoms with Gasteiger partial charge in [-0.3, -0.25) is 0 Å². The fourth-order valence-electron chi connectivity index (χ4n) is 7.14. The predicted octanol–water partition coefficient (Wildman–Crippen LogP) is 9.28. The summed E-state index contributed by atoms with van der Waals surface area (Å²) in [5, 5.41) is 2.67. The fourth-order valence-corrected chi connectivity index (χ4v) is 11.9. The molecule has 1 unspecified atom stereocenters. The van der Waals surface area contributed by atoms with Crippen LogP contribution in [0.25, 0.3) is 45.3 Å². The van der Waals surface area contributed by atoms with Crippen molar-refractivity contribution in [2.24, 2.45) is 0 Å². The molecule has 6 heteroatoms. The van der Waals surface area contributed by atoms with Crippen LogP contribution in [0.5, 0.6) is 0 Å². The van der Waals surface area contributed by atoms with Crippen LogP contribution >= 0.6 is 18.9 Å². The van der Waals surface area contributed by atoms with Gasteiger partial charge >= 0.3 is 0 Å². The summed E-state index contributed by atoms with van der Waals surface area (Å²) in [5.41, 5.74) is 7.27. The molecule has 2 heterocycles. The van der Waals surface area contributed by atoms with E-state index in [9.17, 15) is 0 Å². The fraction of sp³-hybridized carbons (Fsp3) is 0.0714. The molecule has 9 rings (SSSR count). The van der Waals surface area contributed by atoms with Crippen molar-refractivity contribution < 1.29 is 4.57 Å². The van der Waals surface area contributed by atoms with E-state index in [0.717, 1.165) is 53.5 Å². The van der Waals surface area contributed by atoms with Crippen molar-refractivity contribution in [3.05, 3.63) is 157 Å². The van der Waals surface area contributed by atoms with E-state index in [2.05, 4.69) is 50.2 Å². The van der Waals surface area contributed by atoms with Gasteiger partial charge in [0.15, 0.2) is 24.6 Å². The van der Waals surface area contributed by atoms with Gasteiger partial charge in [-0.15, -0.1) is 0 Å². The van der Waals surface area contributed by atoms with Gasteiger partial charge in [-0.25, -0.2) is 15.0 Å². The molecule has 0 bridgehead atoms. The Labute approximate surface area is 284 Å². The molecule has 0 spiro atoms. The van der Waals surface area contributed by atoms with Gasteiger partial charge in [-0.1, -0.05) is 141 Å². The van der Waals surface area contributed by atoms with Crippen LogP contribution in [0.3, 0.4) is 0 Å². The molecule has 0 amide bonds. The predicted molar refractivity (Wildman–Crippen MR) is 197 cm³/mol. The normalized spacial score (nSPS) is 16.8. The average molecular weight is 656 g/mol. The summed E-state index contributed by atoms with van der Waals surface area (Å²) in [4.78, 5) is 17.0. The Morgan fingerprint density at radius 3 is 1.69 bits per heavy atom. The van der Waals surface area contributed by atoms with E-state index in [0.29, 0.717) is 17.5 Å². The number of hydrogen-bond acceptors (Lipinski definition) is 5. The van der Waals surface area contributed by atoms with Crippen molar-refractivity contribution in [1.82, 2.24) is 15.0 Å². The second kappa shape index (κ2) is 11.0. The standard InChI is InChI=1S/C42H30N3OPS/c1-42(2)33-23-22-29(41-44-39(27-14-6-3-7-15-27)43-40(45-41)28-16-8-4-9-17-28)24-31(33)32-25-36-38(26-34(32)42)48-37-21-13-12-20-35(37)47(36,46)30-18-10-5-11-19-30/h3-26H,1-2H3. The highest BCUT2D eigenvalue weighted by Crippen LogP contribution is 2.56. The zero-order valence-electron chi connectivity index (χ0n) is 26.5. The van der Waals surface area contributed by atoms with Crippen molar-refractivity contribution >= 4 is 34.8 Å². The van der Waals surface area contributed by atoms with Crippen LogP contribution in [0.2, 0.25) is 0 Å². The van der Waals surface area contributed by atoms with E-state index in [4.69, 9.17) is 15.0 Å². The van der Waals surface area contributed by atoms with Crippen molar-refractivity contribution in [1.29, 1.82) is 0 Å². The molecule has 1 aliphatic heterocycles. The molecule has 0 saturated carbocycles. The van der Waals surface area contributed by atoms with Crippen LogP contribution in [-0.4, -0.2) is 15.0 Å². The molecule has 6 aromatic carbocycles. The van der Waals surface area contributed by atoms with Crippen LogP contribution in [0.4, 0.5) is 0 Å². The van der Waals surface area contributed by atoms with E-state index in [1.807, 2.05) is 109 Å². The highest BCUT2D eigenvalue weighted by Gasteiger charge is 2.42. The minimum absolute atomic E-state index is 0.240. The molecule has 48 heavy (non-hydrogen) atoms. The van der Waals surface area contributed by atoms with Gasteiger partial charge in [0.1, 0.15) is 0 Å². The Kier molecular flexibility index (Phi) is 6.65. The lowest BCUT2D eigenvalue weighted by Crippen LogP contribution is -2.31. The first-order chi connectivity index (χ1) is 23.4. The summed E-state index contributed by atoms with van der Waals surface area (Å²) in [6.07, 6.45) is 0. The lowest BCUT2D eigenvalue weighted by Gasteiger charge is -2.30. The highest BCUT2D eigenvalue weighted by molar-refractivity contribution is 8.02. The molecule has 1 atom stereocenters. The van der Waals surface area contributed by atoms with Crippen molar-refractivity contribution in [3.63, 3.8) is 0 Å². The SMILES string of the molecule is CC1(C)c2ccc(-c3nc(-c4ccccc4)nc(-c4ccccc4)n3)cc2-c2cc3c(cc21)Sc1ccccc1P3(=O)c1ccccc1.